The molecule has 0 aliphatic heterocycles. The smallest absolute Gasteiger partial charge is 0.161 e. The van der Waals surface area contributed by atoms with Crippen molar-refractivity contribution in [2.45, 2.75) is 13.3 Å². The van der Waals surface area contributed by atoms with Gasteiger partial charge in [0, 0.05) is 45.2 Å². The van der Waals surface area contributed by atoms with Crippen LogP contribution in [-0.2, 0) is 9.47 Å². The maximum atomic E-state index is 13.3. The van der Waals surface area contributed by atoms with Gasteiger partial charge in [0.05, 0.1) is 6.61 Å². The van der Waals surface area contributed by atoms with Crippen LogP contribution in [0.3, 0.4) is 0 Å². The van der Waals surface area contributed by atoms with Gasteiger partial charge in [0.2, 0.25) is 0 Å². The third kappa shape index (κ3) is 4.90. The molecule has 0 radical (unpaired) electrons. The Hall–Kier alpha value is -1.46. The average molecular weight is 283 g/mol. The first-order valence-corrected chi connectivity index (χ1v) is 6.63. The maximum absolute atomic E-state index is 13.3. The molecule has 0 N–H and O–H groups in total. The van der Waals surface area contributed by atoms with Crippen molar-refractivity contribution < 1.29 is 18.7 Å². The van der Waals surface area contributed by atoms with E-state index >= 15 is 0 Å². The van der Waals surface area contributed by atoms with Gasteiger partial charge >= 0.3 is 0 Å². The van der Waals surface area contributed by atoms with Crippen molar-refractivity contribution in [2.24, 2.45) is 0 Å². The van der Waals surface area contributed by atoms with Crippen LogP contribution in [0.4, 0.5) is 10.1 Å². The average Bonchev–Trinajstić information content (AvgIpc) is 2.43. The Labute approximate surface area is 119 Å². The quantitative estimate of drug-likeness (QED) is 0.515. The Bertz CT molecular complexity index is 437. The van der Waals surface area contributed by atoms with Crippen LogP contribution in [0.15, 0.2) is 18.2 Å². The van der Waals surface area contributed by atoms with Gasteiger partial charge in [-0.3, -0.25) is 4.79 Å². The topological polar surface area (TPSA) is 38.8 Å². The zero-order valence-corrected chi connectivity index (χ0v) is 12.3. The van der Waals surface area contributed by atoms with Gasteiger partial charge in [-0.25, -0.2) is 4.39 Å². The molecule has 0 unspecified atom stereocenters. The van der Waals surface area contributed by atoms with Crippen LogP contribution in [0.2, 0.25) is 0 Å². The fraction of sp³-hybridized carbons (Fsp3) is 0.533. The van der Waals surface area contributed by atoms with E-state index in [1.807, 2.05) is 4.90 Å². The molecule has 0 spiro atoms. The Kier molecular flexibility index (Phi) is 7.18. The molecule has 0 saturated heterocycles. The predicted molar refractivity (Wildman–Crippen MR) is 77.0 cm³/mol. The van der Waals surface area contributed by atoms with E-state index in [1.165, 1.54) is 19.1 Å². The highest BCUT2D eigenvalue weighted by atomic mass is 19.1. The minimum Gasteiger partial charge on any atom is -0.385 e. The van der Waals surface area contributed by atoms with Crippen molar-refractivity contribution in [3.63, 3.8) is 0 Å². The van der Waals surface area contributed by atoms with E-state index in [-0.39, 0.29) is 5.78 Å². The van der Waals surface area contributed by atoms with Crippen molar-refractivity contribution in [2.75, 3.05) is 45.4 Å². The molecule has 0 aromatic heterocycles. The Morgan fingerprint density at radius 2 is 1.90 bits per heavy atom. The summed E-state index contributed by atoms with van der Waals surface area (Å²) in [6.45, 7) is 4.00. The lowest BCUT2D eigenvalue weighted by Gasteiger charge is -2.26. The molecule has 0 aliphatic carbocycles. The fourth-order valence-corrected chi connectivity index (χ4v) is 2.02. The molecular weight excluding hydrogens is 261 g/mol. The second kappa shape index (κ2) is 8.66. The summed E-state index contributed by atoms with van der Waals surface area (Å²) in [6, 6.07) is 4.31. The van der Waals surface area contributed by atoms with E-state index in [2.05, 4.69) is 0 Å². The van der Waals surface area contributed by atoms with E-state index in [0.717, 1.165) is 18.7 Å². The molecule has 0 aliphatic rings. The van der Waals surface area contributed by atoms with Gasteiger partial charge in [-0.2, -0.15) is 0 Å². The summed E-state index contributed by atoms with van der Waals surface area (Å²) in [5.41, 5.74) is 1.14. The van der Waals surface area contributed by atoms with Crippen LogP contribution in [0, 0.1) is 5.82 Å². The normalized spacial score (nSPS) is 10.6. The Morgan fingerprint density at radius 1 is 1.20 bits per heavy atom. The summed E-state index contributed by atoms with van der Waals surface area (Å²) >= 11 is 0. The standard InChI is InChI=1S/C15H22FNO3/c1-12(18)14-11-13(16)5-6-15(14)17(8-10-20-3)7-4-9-19-2/h5-6,11H,4,7-10H2,1-3H3. The van der Waals surface area contributed by atoms with Gasteiger partial charge in [-0.05, 0) is 31.5 Å². The zero-order chi connectivity index (χ0) is 15.0. The highest BCUT2D eigenvalue weighted by molar-refractivity contribution is 5.99. The van der Waals surface area contributed by atoms with Gasteiger partial charge in [-0.15, -0.1) is 0 Å². The number of benzene rings is 1. The lowest BCUT2D eigenvalue weighted by Crippen LogP contribution is -2.30. The van der Waals surface area contributed by atoms with Crippen molar-refractivity contribution in [1.29, 1.82) is 0 Å². The minimum atomic E-state index is -0.400. The van der Waals surface area contributed by atoms with Gasteiger partial charge in [0.15, 0.2) is 5.78 Å². The zero-order valence-electron chi connectivity index (χ0n) is 12.3. The van der Waals surface area contributed by atoms with Crippen LogP contribution < -0.4 is 4.90 Å². The Balaban J connectivity index is 2.95. The largest absolute Gasteiger partial charge is 0.385 e. The molecule has 1 aromatic carbocycles. The number of halogens is 1. The molecule has 0 heterocycles. The molecule has 1 rings (SSSR count). The predicted octanol–water partition coefficient (Wildman–Crippen LogP) is 2.52. The number of carbonyl (C=O) groups excluding carboxylic acids is 1. The fourth-order valence-electron chi connectivity index (χ4n) is 2.02. The van der Waals surface area contributed by atoms with Crippen LogP contribution in [0.1, 0.15) is 23.7 Å². The molecule has 1 aromatic rings. The van der Waals surface area contributed by atoms with Crippen LogP contribution in [-0.4, -0.2) is 46.3 Å². The Morgan fingerprint density at radius 3 is 2.50 bits per heavy atom. The van der Waals surface area contributed by atoms with E-state index in [9.17, 15) is 9.18 Å². The van der Waals surface area contributed by atoms with E-state index in [0.29, 0.717) is 25.3 Å². The summed E-state index contributed by atoms with van der Waals surface area (Å²) < 4.78 is 23.5. The second-order valence-corrected chi connectivity index (χ2v) is 4.54. The van der Waals surface area contributed by atoms with Gasteiger partial charge < -0.3 is 14.4 Å². The summed E-state index contributed by atoms with van der Waals surface area (Å²) in [5.74, 6) is -0.545. The number of carbonyl (C=O) groups is 1. The first-order chi connectivity index (χ1) is 9.60. The molecule has 20 heavy (non-hydrogen) atoms. The first-order valence-electron chi connectivity index (χ1n) is 6.63. The van der Waals surface area contributed by atoms with Gasteiger partial charge in [-0.1, -0.05) is 0 Å². The van der Waals surface area contributed by atoms with Gasteiger partial charge in [0.1, 0.15) is 5.82 Å². The number of ether oxygens (including phenoxy) is 2. The SMILES string of the molecule is COCCCN(CCOC)c1ccc(F)cc1C(C)=O. The van der Waals surface area contributed by atoms with Crippen molar-refractivity contribution >= 4 is 11.5 Å². The molecule has 0 atom stereocenters. The number of Topliss-reactive ketones (excluding diaryl/α,β-unsaturated/α-hetero) is 1. The summed E-state index contributed by atoms with van der Waals surface area (Å²) in [4.78, 5) is 13.7. The third-order valence-electron chi connectivity index (χ3n) is 3.02. The number of rotatable bonds is 9. The van der Waals surface area contributed by atoms with Crippen molar-refractivity contribution in [3.05, 3.63) is 29.6 Å². The molecular formula is C15H22FNO3. The lowest BCUT2D eigenvalue weighted by atomic mass is 10.1. The number of nitrogens with zero attached hydrogens (tertiary/aromatic N) is 1. The first kappa shape index (κ1) is 16.6. The molecule has 5 heteroatoms. The minimum absolute atomic E-state index is 0.145. The second-order valence-electron chi connectivity index (χ2n) is 4.54. The number of methoxy groups -OCH3 is 2. The van der Waals surface area contributed by atoms with Crippen LogP contribution in [0.25, 0.3) is 0 Å². The summed E-state index contributed by atoms with van der Waals surface area (Å²) in [5, 5.41) is 0. The van der Waals surface area contributed by atoms with E-state index < -0.39 is 5.82 Å². The number of hydrogen-bond donors (Lipinski definition) is 0. The number of ketones is 1. The summed E-state index contributed by atoms with van der Waals surface area (Å²) in [6.07, 6.45) is 0.828. The monoisotopic (exact) mass is 283 g/mol. The lowest BCUT2D eigenvalue weighted by molar-refractivity contribution is 0.101. The molecule has 4 nitrogen and oxygen atoms in total. The third-order valence-corrected chi connectivity index (χ3v) is 3.02. The molecule has 0 amide bonds. The van der Waals surface area contributed by atoms with Crippen LogP contribution >= 0.6 is 0 Å². The van der Waals surface area contributed by atoms with Crippen LogP contribution in [0.5, 0.6) is 0 Å². The molecule has 0 saturated carbocycles. The maximum Gasteiger partial charge on any atom is 0.161 e. The molecule has 0 fully saturated rings. The number of hydrogen-bond acceptors (Lipinski definition) is 4. The van der Waals surface area contributed by atoms with Crippen molar-refractivity contribution in [3.8, 4) is 0 Å². The molecule has 112 valence electrons. The number of anilines is 1. The van der Waals surface area contributed by atoms with E-state index in [4.69, 9.17) is 9.47 Å². The van der Waals surface area contributed by atoms with Crippen molar-refractivity contribution in [1.82, 2.24) is 0 Å². The van der Waals surface area contributed by atoms with Gasteiger partial charge in [0.25, 0.3) is 0 Å². The highest BCUT2D eigenvalue weighted by Gasteiger charge is 2.15. The molecule has 0 bridgehead atoms. The van der Waals surface area contributed by atoms with E-state index in [1.54, 1.807) is 20.3 Å². The highest BCUT2D eigenvalue weighted by Crippen LogP contribution is 2.22. The summed E-state index contributed by atoms with van der Waals surface area (Å²) in [7, 11) is 3.28.